The van der Waals surface area contributed by atoms with Crippen LogP contribution in [0, 0.1) is 11.8 Å². The number of piperidine rings is 1. The second kappa shape index (κ2) is 7.90. The molecule has 1 aliphatic heterocycles. The van der Waals surface area contributed by atoms with Gasteiger partial charge in [-0.25, -0.2) is 0 Å². The maximum absolute atomic E-state index is 5.42. The molecule has 1 N–H and O–H groups in total. The van der Waals surface area contributed by atoms with Gasteiger partial charge in [-0.2, -0.15) is 4.98 Å². The lowest BCUT2D eigenvalue weighted by Crippen LogP contribution is -2.40. The van der Waals surface area contributed by atoms with Gasteiger partial charge in [0.05, 0.1) is 6.54 Å². The first-order valence-electron chi connectivity index (χ1n) is 8.30. The molecule has 1 atom stereocenters. The average molecular weight is 294 g/mol. The lowest BCUT2D eigenvalue weighted by Gasteiger charge is -2.31. The molecule has 0 aromatic carbocycles. The van der Waals surface area contributed by atoms with Crippen LogP contribution in [0.3, 0.4) is 0 Å². The minimum absolute atomic E-state index is 0.493. The Bertz CT molecular complexity index is 410. The predicted molar refractivity (Wildman–Crippen MR) is 84.0 cm³/mol. The van der Waals surface area contributed by atoms with E-state index < -0.39 is 0 Å². The van der Waals surface area contributed by atoms with Crippen molar-refractivity contribution < 1.29 is 4.52 Å². The third-order valence-corrected chi connectivity index (χ3v) is 4.06. The third kappa shape index (κ3) is 5.40. The summed E-state index contributed by atoms with van der Waals surface area (Å²) in [6.07, 6.45) is 3.49. The van der Waals surface area contributed by atoms with Crippen molar-refractivity contribution in [2.24, 2.45) is 11.8 Å². The smallest absolute Gasteiger partial charge is 0.240 e. The Kier molecular flexibility index (Phi) is 6.18. The van der Waals surface area contributed by atoms with E-state index >= 15 is 0 Å². The Labute approximate surface area is 128 Å². The van der Waals surface area contributed by atoms with Crippen LogP contribution in [0.1, 0.15) is 52.3 Å². The van der Waals surface area contributed by atoms with E-state index in [1.165, 1.54) is 19.4 Å². The van der Waals surface area contributed by atoms with Crippen LogP contribution in [0.15, 0.2) is 4.52 Å². The van der Waals surface area contributed by atoms with Crippen LogP contribution >= 0.6 is 0 Å². The maximum Gasteiger partial charge on any atom is 0.240 e. The highest BCUT2D eigenvalue weighted by atomic mass is 16.5. The lowest BCUT2D eigenvalue weighted by atomic mass is 9.98. The van der Waals surface area contributed by atoms with Crippen molar-refractivity contribution in [3.8, 4) is 0 Å². The van der Waals surface area contributed by atoms with Gasteiger partial charge in [0, 0.05) is 19.0 Å². The lowest BCUT2D eigenvalue weighted by molar-refractivity contribution is 0.146. The van der Waals surface area contributed by atoms with Gasteiger partial charge < -0.3 is 9.84 Å². The van der Waals surface area contributed by atoms with Crippen LogP contribution < -0.4 is 5.32 Å². The van der Waals surface area contributed by atoms with Gasteiger partial charge in [-0.15, -0.1) is 0 Å². The Morgan fingerprint density at radius 1 is 1.33 bits per heavy atom. The molecule has 5 heteroatoms. The van der Waals surface area contributed by atoms with Crippen LogP contribution in [0.4, 0.5) is 0 Å². The van der Waals surface area contributed by atoms with E-state index in [1.54, 1.807) is 0 Å². The number of nitrogens with zero attached hydrogens (tertiary/aromatic N) is 3. The first kappa shape index (κ1) is 16.4. The summed E-state index contributed by atoms with van der Waals surface area (Å²) in [4.78, 5) is 6.98. The van der Waals surface area contributed by atoms with Gasteiger partial charge in [-0.05, 0) is 51.6 Å². The largest absolute Gasteiger partial charge is 0.338 e. The van der Waals surface area contributed by atoms with E-state index in [9.17, 15) is 0 Å². The Morgan fingerprint density at radius 3 is 2.76 bits per heavy atom. The SMILES string of the molecule is CC(C)Cc1noc(CN(CC2CCCNC2)C(C)C)n1. The van der Waals surface area contributed by atoms with Crippen LogP contribution in [0.2, 0.25) is 0 Å². The molecule has 0 aliphatic carbocycles. The van der Waals surface area contributed by atoms with E-state index in [0.29, 0.717) is 12.0 Å². The fourth-order valence-electron chi connectivity index (χ4n) is 2.85. The van der Waals surface area contributed by atoms with Gasteiger partial charge >= 0.3 is 0 Å². The van der Waals surface area contributed by atoms with Crippen molar-refractivity contribution in [3.63, 3.8) is 0 Å². The maximum atomic E-state index is 5.42. The molecule has 120 valence electrons. The molecule has 5 nitrogen and oxygen atoms in total. The molecule has 1 aromatic rings. The molecule has 21 heavy (non-hydrogen) atoms. The molecule has 1 aromatic heterocycles. The molecule has 1 unspecified atom stereocenters. The summed E-state index contributed by atoms with van der Waals surface area (Å²) in [5.41, 5.74) is 0. The van der Waals surface area contributed by atoms with E-state index in [2.05, 4.69) is 48.1 Å². The van der Waals surface area contributed by atoms with Crippen LogP contribution in [0.25, 0.3) is 0 Å². The second-order valence-electron chi connectivity index (χ2n) is 6.94. The van der Waals surface area contributed by atoms with Crippen molar-refractivity contribution in [1.82, 2.24) is 20.4 Å². The Morgan fingerprint density at radius 2 is 2.14 bits per heavy atom. The van der Waals surface area contributed by atoms with Gasteiger partial charge in [0.1, 0.15) is 0 Å². The molecule has 0 saturated carbocycles. The minimum atomic E-state index is 0.493. The van der Waals surface area contributed by atoms with Gasteiger partial charge in [0.2, 0.25) is 5.89 Å². The zero-order valence-electron chi connectivity index (χ0n) is 13.9. The van der Waals surface area contributed by atoms with Crippen LogP contribution in [-0.2, 0) is 13.0 Å². The van der Waals surface area contributed by atoms with Crippen LogP contribution in [0.5, 0.6) is 0 Å². The van der Waals surface area contributed by atoms with Crippen molar-refractivity contribution in [2.75, 3.05) is 19.6 Å². The first-order chi connectivity index (χ1) is 10.0. The highest BCUT2D eigenvalue weighted by Gasteiger charge is 2.21. The number of rotatable bonds is 7. The third-order valence-electron chi connectivity index (χ3n) is 4.06. The van der Waals surface area contributed by atoms with Gasteiger partial charge in [-0.1, -0.05) is 19.0 Å². The van der Waals surface area contributed by atoms with Gasteiger partial charge in [0.25, 0.3) is 0 Å². The molecular weight excluding hydrogens is 264 g/mol. The fourth-order valence-corrected chi connectivity index (χ4v) is 2.85. The summed E-state index contributed by atoms with van der Waals surface area (Å²) in [5, 5.41) is 7.58. The molecule has 2 heterocycles. The van der Waals surface area contributed by atoms with Crippen molar-refractivity contribution in [1.29, 1.82) is 0 Å². The molecule has 1 fully saturated rings. The molecular formula is C16H30N4O. The highest BCUT2D eigenvalue weighted by Crippen LogP contribution is 2.16. The zero-order chi connectivity index (χ0) is 15.2. The monoisotopic (exact) mass is 294 g/mol. The van der Waals surface area contributed by atoms with E-state index in [4.69, 9.17) is 4.52 Å². The van der Waals surface area contributed by atoms with Crippen molar-refractivity contribution in [3.05, 3.63) is 11.7 Å². The van der Waals surface area contributed by atoms with E-state index in [-0.39, 0.29) is 0 Å². The standard InChI is InChI=1S/C16H30N4O/c1-12(2)8-15-18-16(21-19-15)11-20(13(3)4)10-14-6-5-7-17-9-14/h12-14,17H,5-11H2,1-4H3. The second-order valence-corrected chi connectivity index (χ2v) is 6.94. The predicted octanol–water partition coefficient (Wildman–Crippen LogP) is 2.48. The Balaban J connectivity index is 1.90. The zero-order valence-corrected chi connectivity index (χ0v) is 13.9. The number of nitrogens with one attached hydrogen (secondary N) is 1. The fraction of sp³-hybridized carbons (Fsp3) is 0.875. The average Bonchev–Trinajstić information content (AvgIpc) is 2.85. The summed E-state index contributed by atoms with van der Waals surface area (Å²) >= 11 is 0. The molecule has 0 radical (unpaired) electrons. The molecule has 0 amide bonds. The summed E-state index contributed by atoms with van der Waals surface area (Å²) in [7, 11) is 0. The summed E-state index contributed by atoms with van der Waals surface area (Å²) in [6.45, 7) is 13.0. The normalized spacial score (nSPS) is 19.9. The number of aromatic nitrogens is 2. The molecule has 1 saturated heterocycles. The topological polar surface area (TPSA) is 54.2 Å². The van der Waals surface area contributed by atoms with Crippen molar-refractivity contribution >= 4 is 0 Å². The number of hydrogen-bond donors (Lipinski definition) is 1. The van der Waals surface area contributed by atoms with Gasteiger partial charge in [0.15, 0.2) is 5.82 Å². The van der Waals surface area contributed by atoms with Gasteiger partial charge in [-0.3, -0.25) is 4.90 Å². The molecule has 0 bridgehead atoms. The number of hydrogen-bond acceptors (Lipinski definition) is 5. The molecule has 1 aliphatic rings. The quantitative estimate of drug-likeness (QED) is 0.837. The minimum Gasteiger partial charge on any atom is -0.338 e. The Hall–Kier alpha value is -0.940. The van der Waals surface area contributed by atoms with E-state index in [1.807, 2.05) is 0 Å². The van der Waals surface area contributed by atoms with Crippen LogP contribution in [-0.4, -0.2) is 40.7 Å². The van der Waals surface area contributed by atoms with E-state index in [0.717, 1.165) is 43.7 Å². The summed E-state index contributed by atoms with van der Waals surface area (Å²) in [5.74, 6) is 2.88. The molecule has 2 rings (SSSR count). The molecule has 0 spiro atoms. The highest BCUT2D eigenvalue weighted by molar-refractivity contribution is 4.88. The van der Waals surface area contributed by atoms with Crippen molar-refractivity contribution in [2.45, 2.75) is 59.5 Å². The summed E-state index contributed by atoms with van der Waals surface area (Å²) in [6, 6.07) is 0.493. The first-order valence-corrected chi connectivity index (χ1v) is 8.30. The summed E-state index contributed by atoms with van der Waals surface area (Å²) < 4.78 is 5.42.